The maximum atomic E-state index is 12.8. The van der Waals surface area contributed by atoms with Crippen LogP contribution in [0.2, 0.25) is 0 Å². The van der Waals surface area contributed by atoms with Crippen LogP contribution in [0.5, 0.6) is 0 Å². The van der Waals surface area contributed by atoms with E-state index in [4.69, 9.17) is 5.73 Å². The number of fused-ring (bicyclic) bond motifs is 1. The Labute approximate surface area is 120 Å². The van der Waals surface area contributed by atoms with Crippen LogP contribution in [0.25, 0.3) is 0 Å². The van der Waals surface area contributed by atoms with Gasteiger partial charge in [0.15, 0.2) is 0 Å². The molecule has 1 aliphatic heterocycles. The number of aromatic nitrogens is 2. The molecule has 1 fully saturated rings. The average molecular weight is 286 g/mol. The SMILES string of the molecule is Nc1ncc2c(n1)CN(C(=O)C1(c3cccs3)CC1)C2. The second kappa shape index (κ2) is 4.02. The van der Waals surface area contributed by atoms with Crippen molar-refractivity contribution < 1.29 is 4.79 Å². The quantitative estimate of drug-likeness (QED) is 0.912. The molecule has 1 aliphatic carbocycles. The zero-order chi connectivity index (χ0) is 13.7. The third kappa shape index (κ3) is 1.64. The summed E-state index contributed by atoms with van der Waals surface area (Å²) in [7, 11) is 0. The molecule has 6 heteroatoms. The molecular formula is C14H14N4OS. The smallest absolute Gasteiger partial charge is 0.234 e. The normalized spacial score (nSPS) is 18.9. The number of anilines is 1. The number of nitrogens with two attached hydrogens (primary N) is 1. The zero-order valence-corrected chi connectivity index (χ0v) is 11.7. The number of carbonyl (C=O) groups excluding carboxylic acids is 1. The number of nitrogens with zero attached hydrogens (tertiary/aromatic N) is 3. The number of hydrogen-bond acceptors (Lipinski definition) is 5. The van der Waals surface area contributed by atoms with E-state index in [0.29, 0.717) is 13.1 Å². The summed E-state index contributed by atoms with van der Waals surface area (Å²) < 4.78 is 0. The maximum Gasteiger partial charge on any atom is 0.234 e. The lowest BCUT2D eigenvalue weighted by Gasteiger charge is -2.21. The molecule has 0 saturated heterocycles. The van der Waals surface area contributed by atoms with Crippen molar-refractivity contribution in [3.05, 3.63) is 39.8 Å². The molecule has 2 N–H and O–H groups in total. The summed E-state index contributed by atoms with van der Waals surface area (Å²) in [6, 6.07) is 4.08. The van der Waals surface area contributed by atoms with Crippen LogP contribution in [-0.2, 0) is 23.3 Å². The van der Waals surface area contributed by atoms with E-state index in [1.165, 1.54) is 4.88 Å². The van der Waals surface area contributed by atoms with E-state index in [9.17, 15) is 4.79 Å². The number of amides is 1. The van der Waals surface area contributed by atoms with Crippen molar-refractivity contribution in [2.24, 2.45) is 0 Å². The summed E-state index contributed by atoms with van der Waals surface area (Å²) in [5.41, 5.74) is 7.23. The van der Waals surface area contributed by atoms with Gasteiger partial charge in [0.25, 0.3) is 0 Å². The van der Waals surface area contributed by atoms with Gasteiger partial charge in [-0.2, -0.15) is 0 Å². The third-order valence-corrected chi connectivity index (χ3v) is 5.19. The van der Waals surface area contributed by atoms with Gasteiger partial charge in [-0.05, 0) is 24.3 Å². The molecule has 5 nitrogen and oxygen atoms in total. The maximum absolute atomic E-state index is 12.8. The van der Waals surface area contributed by atoms with Crippen LogP contribution in [0.3, 0.4) is 0 Å². The fourth-order valence-corrected chi connectivity index (χ4v) is 3.83. The van der Waals surface area contributed by atoms with E-state index in [1.807, 2.05) is 16.3 Å². The van der Waals surface area contributed by atoms with Crippen LogP contribution in [0.15, 0.2) is 23.7 Å². The molecule has 0 unspecified atom stereocenters. The summed E-state index contributed by atoms with van der Waals surface area (Å²) in [6.07, 6.45) is 3.63. The first kappa shape index (κ1) is 11.8. The lowest BCUT2D eigenvalue weighted by atomic mass is 10.0. The monoisotopic (exact) mass is 286 g/mol. The van der Waals surface area contributed by atoms with Gasteiger partial charge in [0.05, 0.1) is 17.7 Å². The van der Waals surface area contributed by atoms with Crippen LogP contribution < -0.4 is 5.73 Å². The molecule has 0 radical (unpaired) electrons. The van der Waals surface area contributed by atoms with E-state index in [2.05, 4.69) is 16.0 Å². The number of thiophene rings is 1. The van der Waals surface area contributed by atoms with Crippen molar-refractivity contribution in [3.63, 3.8) is 0 Å². The van der Waals surface area contributed by atoms with E-state index in [-0.39, 0.29) is 17.3 Å². The summed E-state index contributed by atoms with van der Waals surface area (Å²) in [5.74, 6) is 0.494. The van der Waals surface area contributed by atoms with Gasteiger partial charge in [0, 0.05) is 23.2 Å². The second-order valence-electron chi connectivity index (χ2n) is 5.42. The predicted octanol–water partition coefficient (Wildman–Crippen LogP) is 1.69. The minimum atomic E-state index is -0.269. The molecule has 2 aromatic heterocycles. The van der Waals surface area contributed by atoms with Crippen molar-refractivity contribution in [2.45, 2.75) is 31.3 Å². The molecule has 1 saturated carbocycles. The molecule has 4 rings (SSSR count). The molecule has 1 amide bonds. The van der Waals surface area contributed by atoms with Crippen LogP contribution in [0.1, 0.15) is 29.0 Å². The highest BCUT2D eigenvalue weighted by Crippen LogP contribution is 2.51. The molecule has 0 spiro atoms. The standard InChI is InChI=1S/C14H14N4OS/c15-13-16-6-9-7-18(8-10(9)17-13)12(19)14(3-4-14)11-2-1-5-20-11/h1-2,5-6H,3-4,7-8H2,(H2,15,16,17). The van der Waals surface area contributed by atoms with Crippen LogP contribution in [-0.4, -0.2) is 20.8 Å². The van der Waals surface area contributed by atoms with Gasteiger partial charge in [-0.15, -0.1) is 11.3 Å². The third-order valence-electron chi connectivity index (χ3n) is 4.11. The van der Waals surface area contributed by atoms with Crippen molar-refractivity contribution in [1.82, 2.24) is 14.9 Å². The van der Waals surface area contributed by atoms with Gasteiger partial charge in [-0.25, -0.2) is 9.97 Å². The van der Waals surface area contributed by atoms with Crippen molar-refractivity contribution in [1.29, 1.82) is 0 Å². The fraction of sp³-hybridized carbons (Fsp3) is 0.357. The topological polar surface area (TPSA) is 72.1 Å². The molecule has 102 valence electrons. The first-order valence-corrected chi connectivity index (χ1v) is 7.51. The first-order chi connectivity index (χ1) is 9.69. The molecule has 3 heterocycles. The van der Waals surface area contributed by atoms with E-state index in [0.717, 1.165) is 24.1 Å². The molecule has 0 aromatic carbocycles. The average Bonchev–Trinajstić information content (AvgIpc) is 2.90. The van der Waals surface area contributed by atoms with E-state index in [1.54, 1.807) is 17.5 Å². The van der Waals surface area contributed by atoms with Gasteiger partial charge in [0.2, 0.25) is 11.9 Å². The van der Waals surface area contributed by atoms with Crippen molar-refractivity contribution in [3.8, 4) is 0 Å². The lowest BCUT2D eigenvalue weighted by Crippen LogP contribution is -2.35. The Morgan fingerprint density at radius 2 is 2.25 bits per heavy atom. The molecule has 2 aliphatic rings. The Morgan fingerprint density at radius 3 is 2.95 bits per heavy atom. The Kier molecular flexibility index (Phi) is 2.38. The highest BCUT2D eigenvalue weighted by molar-refractivity contribution is 7.10. The minimum absolute atomic E-state index is 0.219. The van der Waals surface area contributed by atoms with Crippen LogP contribution in [0, 0.1) is 0 Å². The zero-order valence-electron chi connectivity index (χ0n) is 10.9. The Morgan fingerprint density at radius 1 is 1.40 bits per heavy atom. The van der Waals surface area contributed by atoms with Gasteiger partial charge in [-0.1, -0.05) is 6.07 Å². The van der Waals surface area contributed by atoms with Gasteiger partial charge < -0.3 is 10.6 Å². The van der Waals surface area contributed by atoms with E-state index >= 15 is 0 Å². The number of nitrogen functional groups attached to an aromatic ring is 1. The van der Waals surface area contributed by atoms with Gasteiger partial charge in [0.1, 0.15) is 0 Å². The fourth-order valence-electron chi connectivity index (χ4n) is 2.86. The summed E-state index contributed by atoms with van der Waals surface area (Å²) in [6.45, 7) is 1.15. The van der Waals surface area contributed by atoms with Gasteiger partial charge >= 0.3 is 0 Å². The second-order valence-corrected chi connectivity index (χ2v) is 6.37. The number of carbonyl (C=O) groups is 1. The molecular weight excluding hydrogens is 272 g/mol. The molecule has 2 aromatic rings. The van der Waals surface area contributed by atoms with E-state index < -0.39 is 0 Å². The van der Waals surface area contributed by atoms with Gasteiger partial charge in [-0.3, -0.25) is 4.79 Å². The Balaban J connectivity index is 1.60. The Bertz CT molecular complexity index is 678. The highest BCUT2D eigenvalue weighted by Gasteiger charge is 2.54. The van der Waals surface area contributed by atoms with Crippen molar-refractivity contribution in [2.75, 3.05) is 5.73 Å². The minimum Gasteiger partial charge on any atom is -0.368 e. The first-order valence-electron chi connectivity index (χ1n) is 6.63. The molecule has 0 atom stereocenters. The lowest BCUT2D eigenvalue weighted by molar-refractivity contribution is -0.134. The predicted molar refractivity (Wildman–Crippen MR) is 75.9 cm³/mol. The summed E-state index contributed by atoms with van der Waals surface area (Å²) >= 11 is 1.67. The largest absolute Gasteiger partial charge is 0.368 e. The van der Waals surface area contributed by atoms with Crippen LogP contribution >= 0.6 is 11.3 Å². The molecule has 0 bridgehead atoms. The summed E-state index contributed by atoms with van der Waals surface area (Å²) in [5, 5.41) is 2.04. The Hall–Kier alpha value is -1.95. The van der Waals surface area contributed by atoms with Crippen LogP contribution in [0.4, 0.5) is 5.95 Å². The van der Waals surface area contributed by atoms with Crippen molar-refractivity contribution >= 4 is 23.2 Å². The number of hydrogen-bond donors (Lipinski definition) is 1. The summed E-state index contributed by atoms with van der Waals surface area (Å²) in [4.78, 5) is 24.1. The highest BCUT2D eigenvalue weighted by atomic mass is 32.1. The number of rotatable bonds is 2. The molecule has 20 heavy (non-hydrogen) atoms.